The van der Waals surface area contributed by atoms with Crippen LogP contribution in [0.15, 0.2) is 54.6 Å². The molecule has 1 heterocycles. The van der Waals surface area contributed by atoms with E-state index in [-0.39, 0.29) is 0 Å². The van der Waals surface area contributed by atoms with Gasteiger partial charge in [0.05, 0.1) is 6.04 Å². The van der Waals surface area contributed by atoms with Crippen molar-refractivity contribution < 1.29 is 0 Å². The van der Waals surface area contributed by atoms with Gasteiger partial charge in [0, 0.05) is 25.3 Å². The minimum absolute atomic E-state index is 0.423. The third-order valence-corrected chi connectivity index (χ3v) is 4.25. The Labute approximate surface area is 127 Å². The van der Waals surface area contributed by atoms with E-state index in [0.717, 1.165) is 19.6 Å². The summed E-state index contributed by atoms with van der Waals surface area (Å²) in [7, 11) is 0. The van der Waals surface area contributed by atoms with Gasteiger partial charge in [-0.05, 0) is 23.1 Å². The Morgan fingerprint density at radius 1 is 0.952 bits per heavy atom. The van der Waals surface area contributed by atoms with Crippen LogP contribution in [0.3, 0.4) is 0 Å². The molecule has 110 valence electrons. The van der Waals surface area contributed by atoms with E-state index in [1.165, 1.54) is 16.8 Å². The second kappa shape index (κ2) is 6.31. The van der Waals surface area contributed by atoms with Crippen molar-refractivity contribution in [1.29, 1.82) is 0 Å². The molecule has 2 heteroatoms. The number of nitrogens with one attached hydrogen (secondary N) is 1. The summed E-state index contributed by atoms with van der Waals surface area (Å²) in [4.78, 5) is 2.58. The highest BCUT2D eigenvalue weighted by Gasteiger charge is 2.26. The summed E-state index contributed by atoms with van der Waals surface area (Å²) in [5.74, 6) is 0.568. The van der Waals surface area contributed by atoms with Crippen molar-refractivity contribution in [3.63, 3.8) is 0 Å². The highest BCUT2D eigenvalue weighted by molar-refractivity contribution is 5.56. The van der Waals surface area contributed by atoms with Gasteiger partial charge in [-0.2, -0.15) is 0 Å². The van der Waals surface area contributed by atoms with Crippen molar-refractivity contribution in [1.82, 2.24) is 5.32 Å². The molecule has 0 amide bonds. The lowest BCUT2D eigenvalue weighted by molar-refractivity contribution is 0.469. The molecule has 21 heavy (non-hydrogen) atoms. The molecule has 0 saturated carbocycles. The first kappa shape index (κ1) is 14.2. The lowest BCUT2D eigenvalue weighted by atomic mass is 9.93. The lowest BCUT2D eigenvalue weighted by Crippen LogP contribution is -2.35. The molecule has 0 saturated heterocycles. The average molecular weight is 280 g/mol. The largest absolute Gasteiger partial charge is 0.363 e. The second-order valence-electron chi connectivity index (χ2n) is 6.10. The van der Waals surface area contributed by atoms with Gasteiger partial charge < -0.3 is 10.2 Å². The van der Waals surface area contributed by atoms with E-state index in [9.17, 15) is 0 Å². The molecule has 0 fully saturated rings. The smallest absolute Gasteiger partial charge is 0.0565 e. The fourth-order valence-electron chi connectivity index (χ4n) is 3.35. The maximum absolute atomic E-state index is 3.54. The van der Waals surface area contributed by atoms with Crippen LogP contribution in [0.2, 0.25) is 0 Å². The maximum atomic E-state index is 3.54. The van der Waals surface area contributed by atoms with Crippen molar-refractivity contribution in [3.8, 4) is 0 Å². The highest BCUT2D eigenvalue weighted by Crippen LogP contribution is 2.35. The van der Waals surface area contributed by atoms with Gasteiger partial charge in [-0.1, -0.05) is 62.4 Å². The fourth-order valence-corrected chi connectivity index (χ4v) is 3.35. The number of hydrogen-bond acceptors (Lipinski definition) is 2. The maximum Gasteiger partial charge on any atom is 0.0565 e. The third kappa shape index (κ3) is 2.96. The Morgan fingerprint density at radius 2 is 1.67 bits per heavy atom. The summed E-state index contributed by atoms with van der Waals surface area (Å²) in [5, 5.41) is 3.54. The molecule has 2 aromatic rings. The van der Waals surface area contributed by atoms with Gasteiger partial charge in [0.1, 0.15) is 0 Å². The monoisotopic (exact) mass is 280 g/mol. The minimum Gasteiger partial charge on any atom is -0.363 e. The highest BCUT2D eigenvalue weighted by atomic mass is 15.2. The van der Waals surface area contributed by atoms with E-state index >= 15 is 0 Å². The molecule has 1 atom stereocenters. The topological polar surface area (TPSA) is 15.3 Å². The van der Waals surface area contributed by atoms with Crippen molar-refractivity contribution in [3.05, 3.63) is 65.7 Å². The predicted molar refractivity (Wildman–Crippen MR) is 89.5 cm³/mol. The summed E-state index contributed by atoms with van der Waals surface area (Å²) < 4.78 is 0. The van der Waals surface area contributed by atoms with Gasteiger partial charge in [-0.25, -0.2) is 0 Å². The van der Waals surface area contributed by atoms with E-state index in [0.29, 0.717) is 12.0 Å². The van der Waals surface area contributed by atoms with Gasteiger partial charge >= 0.3 is 0 Å². The Bertz CT molecular complexity index is 577. The molecule has 0 spiro atoms. The summed E-state index contributed by atoms with van der Waals surface area (Å²) in [6.07, 6.45) is 0. The molecule has 3 rings (SSSR count). The van der Waals surface area contributed by atoms with E-state index in [2.05, 4.69) is 78.7 Å². The summed E-state index contributed by atoms with van der Waals surface area (Å²) in [6, 6.07) is 20.1. The summed E-state index contributed by atoms with van der Waals surface area (Å²) in [6.45, 7) is 7.68. The Morgan fingerprint density at radius 3 is 2.43 bits per heavy atom. The third-order valence-electron chi connectivity index (χ3n) is 4.25. The van der Waals surface area contributed by atoms with Crippen molar-refractivity contribution in [2.45, 2.75) is 26.4 Å². The molecule has 1 aliphatic rings. The van der Waals surface area contributed by atoms with Crippen molar-refractivity contribution >= 4 is 5.69 Å². The normalized spacial score (nSPS) is 16.4. The summed E-state index contributed by atoms with van der Waals surface area (Å²) in [5.41, 5.74) is 4.19. The van der Waals surface area contributed by atoms with Gasteiger partial charge in [-0.3, -0.25) is 0 Å². The van der Waals surface area contributed by atoms with E-state index < -0.39 is 0 Å². The van der Waals surface area contributed by atoms with Crippen molar-refractivity contribution in [2.75, 3.05) is 18.0 Å². The zero-order valence-corrected chi connectivity index (χ0v) is 12.9. The van der Waals surface area contributed by atoms with Crippen LogP contribution in [0.1, 0.15) is 31.0 Å². The SMILES string of the molecule is CC(C)C(c1ccccc1)N1CCNCc2ccccc21. The van der Waals surface area contributed by atoms with E-state index in [1.54, 1.807) is 0 Å². The van der Waals surface area contributed by atoms with Crippen LogP contribution in [0, 0.1) is 5.92 Å². The van der Waals surface area contributed by atoms with Crippen LogP contribution in [0.5, 0.6) is 0 Å². The number of fused-ring (bicyclic) bond motifs is 1. The van der Waals surface area contributed by atoms with Crippen LogP contribution >= 0.6 is 0 Å². The molecule has 1 aliphatic heterocycles. The summed E-state index contributed by atoms with van der Waals surface area (Å²) >= 11 is 0. The van der Waals surface area contributed by atoms with Crippen LogP contribution in [0.25, 0.3) is 0 Å². The Hall–Kier alpha value is -1.80. The number of anilines is 1. The first-order valence-corrected chi connectivity index (χ1v) is 7.87. The first-order chi connectivity index (χ1) is 10.3. The molecule has 2 aromatic carbocycles. The number of rotatable bonds is 3. The minimum atomic E-state index is 0.423. The van der Waals surface area contributed by atoms with Gasteiger partial charge in [0.25, 0.3) is 0 Å². The van der Waals surface area contributed by atoms with E-state index in [1.807, 2.05) is 0 Å². The molecule has 0 aromatic heterocycles. The van der Waals surface area contributed by atoms with Crippen LogP contribution < -0.4 is 10.2 Å². The van der Waals surface area contributed by atoms with Crippen LogP contribution in [-0.4, -0.2) is 13.1 Å². The lowest BCUT2D eigenvalue weighted by Gasteiger charge is -2.36. The van der Waals surface area contributed by atoms with Gasteiger partial charge in [0.15, 0.2) is 0 Å². The molecule has 1 unspecified atom stereocenters. The quantitative estimate of drug-likeness (QED) is 0.914. The molecular weight excluding hydrogens is 256 g/mol. The standard InChI is InChI=1S/C19H24N2/c1-15(2)19(16-8-4-3-5-9-16)21-13-12-20-14-17-10-6-7-11-18(17)21/h3-11,15,19-20H,12-14H2,1-2H3. The number of nitrogens with zero attached hydrogens (tertiary/aromatic N) is 1. The zero-order valence-electron chi connectivity index (χ0n) is 12.9. The molecule has 2 nitrogen and oxygen atoms in total. The molecule has 0 radical (unpaired) electrons. The van der Waals surface area contributed by atoms with Crippen LogP contribution in [0.4, 0.5) is 5.69 Å². The molecular formula is C19H24N2. The zero-order chi connectivity index (χ0) is 14.7. The first-order valence-electron chi connectivity index (χ1n) is 7.87. The average Bonchev–Trinajstić information content (AvgIpc) is 2.71. The number of benzene rings is 2. The van der Waals surface area contributed by atoms with Crippen LogP contribution in [-0.2, 0) is 6.54 Å². The second-order valence-corrected chi connectivity index (χ2v) is 6.10. The molecule has 0 aliphatic carbocycles. The van der Waals surface area contributed by atoms with E-state index in [4.69, 9.17) is 0 Å². The van der Waals surface area contributed by atoms with Crippen molar-refractivity contribution in [2.24, 2.45) is 5.92 Å². The van der Waals surface area contributed by atoms with Gasteiger partial charge in [0.2, 0.25) is 0 Å². The Balaban J connectivity index is 2.03. The number of para-hydroxylation sites is 1. The molecule has 1 N–H and O–H groups in total. The predicted octanol–water partition coefficient (Wildman–Crippen LogP) is 3.99. The fraction of sp³-hybridized carbons (Fsp3) is 0.368. The molecule has 0 bridgehead atoms. The van der Waals surface area contributed by atoms with Gasteiger partial charge in [-0.15, -0.1) is 0 Å². The number of hydrogen-bond donors (Lipinski definition) is 1. The Kier molecular flexibility index (Phi) is 4.26.